The first-order valence-corrected chi connectivity index (χ1v) is 4.98. The molecule has 1 unspecified atom stereocenters. The Morgan fingerprint density at radius 1 is 1.38 bits per heavy atom. The third kappa shape index (κ3) is 1.72. The molecule has 1 aromatic rings. The zero-order valence-corrected chi connectivity index (χ0v) is 8.30. The minimum absolute atomic E-state index is 0.425. The number of nitrogens with zero attached hydrogens (tertiary/aromatic N) is 1. The molecule has 1 atom stereocenters. The number of likely N-dealkylation sites (tertiary alicyclic amines) is 1. The van der Waals surface area contributed by atoms with Crippen LogP contribution in [0.1, 0.15) is 24.4 Å². The fraction of sp³-hybridized carbons (Fsp3) is 0.364. The van der Waals surface area contributed by atoms with Crippen LogP contribution in [0.15, 0.2) is 24.3 Å². The van der Waals surface area contributed by atoms with Crippen molar-refractivity contribution in [3.8, 4) is 0 Å². The van der Waals surface area contributed by atoms with Crippen LogP contribution in [0.25, 0.3) is 0 Å². The maximum absolute atomic E-state index is 6.12. The highest BCUT2D eigenvalue weighted by molar-refractivity contribution is 6.31. The molecule has 0 amide bonds. The number of hydrogen-bond donors (Lipinski definition) is 0. The van der Waals surface area contributed by atoms with Crippen LogP contribution in [-0.4, -0.2) is 11.4 Å². The molecular formula is C11H13ClN-. The monoisotopic (exact) mass is 194 g/mol. The average Bonchev–Trinajstić information content (AvgIpc) is 2.52. The smallest absolute Gasteiger partial charge is 0.0452 e. The molecular weight excluding hydrogens is 182 g/mol. The van der Waals surface area contributed by atoms with E-state index >= 15 is 0 Å². The first-order valence-electron chi connectivity index (χ1n) is 4.60. The first kappa shape index (κ1) is 9.04. The van der Waals surface area contributed by atoms with Crippen LogP contribution in [0.2, 0.25) is 5.02 Å². The van der Waals surface area contributed by atoms with Crippen LogP contribution in [0.3, 0.4) is 0 Å². The Hall–Kier alpha value is -0.530. The van der Waals surface area contributed by atoms with Gasteiger partial charge in [-0.2, -0.15) is 0 Å². The molecule has 0 spiro atoms. The van der Waals surface area contributed by atoms with Crippen molar-refractivity contribution < 1.29 is 0 Å². The van der Waals surface area contributed by atoms with Crippen molar-refractivity contribution in [2.24, 2.45) is 0 Å². The van der Waals surface area contributed by atoms with E-state index in [1.807, 2.05) is 18.2 Å². The molecule has 0 aromatic heterocycles. The van der Waals surface area contributed by atoms with Gasteiger partial charge in [-0.1, -0.05) is 29.8 Å². The normalized spacial score (nSPS) is 23.7. The average molecular weight is 195 g/mol. The van der Waals surface area contributed by atoms with Gasteiger partial charge in [0.25, 0.3) is 0 Å². The first-order chi connectivity index (χ1) is 6.29. The Labute approximate surface area is 84.3 Å². The maximum Gasteiger partial charge on any atom is 0.0452 e. The molecule has 70 valence electrons. The molecule has 1 nitrogen and oxygen atoms in total. The minimum atomic E-state index is 0.425. The molecule has 0 radical (unpaired) electrons. The van der Waals surface area contributed by atoms with Crippen LogP contribution in [-0.2, 0) is 0 Å². The van der Waals surface area contributed by atoms with Crippen LogP contribution < -0.4 is 0 Å². The number of halogens is 1. The molecule has 1 aliphatic heterocycles. The van der Waals surface area contributed by atoms with E-state index < -0.39 is 0 Å². The molecule has 0 saturated carbocycles. The van der Waals surface area contributed by atoms with Crippen LogP contribution in [0.4, 0.5) is 0 Å². The van der Waals surface area contributed by atoms with Gasteiger partial charge in [-0.3, -0.25) is 7.05 Å². The van der Waals surface area contributed by atoms with E-state index in [0.717, 1.165) is 11.6 Å². The highest BCUT2D eigenvalue weighted by Gasteiger charge is 2.19. The van der Waals surface area contributed by atoms with E-state index in [0.29, 0.717) is 6.04 Å². The molecule has 2 rings (SSSR count). The van der Waals surface area contributed by atoms with Gasteiger partial charge >= 0.3 is 0 Å². The Bertz CT molecular complexity index is 298. The summed E-state index contributed by atoms with van der Waals surface area (Å²) in [6, 6.07) is 8.47. The zero-order chi connectivity index (χ0) is 9.26. The van der Waals surface area contributed by atoms with Crippen LogP contribution in [0, 0.1) is 7.05 Å². The molecule has 1 heterocycles. The number of hydrogen-bond acceptors (Lipinski definition) is 1. The van der Waals surface area contributed by atoms with E-state index in [1.54, 1.807) is 0 Å². The lowest BCUT2D eigenvalue weighted by Crippen LogP contribution is -2.15. The standard InChI is InChI=1S/C11H13ClN/c1-13-8-4-7-11(13)9-5-2-3-6-10(9)12/h2-3,5-6,11H,1,4,7-8H2/q-1. The summed E-state index contributed by atoms with van der Waals surface area (Å²) >= 11 is 6.12. The van der Waals surface area contributed by atoms with E-state index in [9.17, 15) is 0 Å². The molecule has 1 saturated heterocycles. The lowest BCUT2D eigenvalue weighted by atomic mass is 10.1. The lowest BCUT2D eigenvalue weighted by molar-refractivity contribution is 0.353. The lowest BCUT2D eigenvalue weighted by Gasteiger charge is -2.28. The third-order valence-corrected chi connectivity index (χ3v) is 2.97. The molecule has 13 heavy (non-hydrogen) atoms. The van der Waals surface area contributed by atoms with Gasteiger partial charge in [-0.25, -0.2) is 0 Å². The van der Waals surface area contributed by atoms with Gasteiger partial charge in [0.2, 0.25) is 0 Å². The minimum Gasteiger partial charge on any atom is -0.453 e. The van der Waals surface area contributed by atoms with E-state index in [-0.39, 0.29) is 0 Å². The summed E-state index contributed by atoms with van der Waals surface area (Å²) in [4.78, 5) is 2.13. The second-order valence-corrected chi connectivity index (χ2v) is 3.90. The summed E-state index contributed by atoms with van der Waals surface area (Å²) in [7, 11) is 4.01. The summed E-state index contributed by atoms with van der Waals surface area (Å²) in [6.07, 6.45) is 2.40. The second kappa shape index (κ2) is 3.69. The SMILES string of the molecule is [CH2-]N1CCCC1c1ccccc1Cl. The van der Waals surface area contributed by atoms with Crippen molar-refractivity contribution in [1.82, 2.24) is 4.90 Å². The molecule has 0 bridgehead atoms. The summed E-state index contributed by atoms with van der Waals surface area (Å²) in [6.45, 7) is 1.08. The molecule has 0 N–H and O–H groups in total. The number of rotatable bonds is 1. The van der Waals surface area contributed by atoms with Gasteiger partial charge in [0, 0.05) is 11.1 Å². The van der Waals surface area contributed by atoms with Crippen molar-refractivity contribution in [3.05, 3.63) is 41.9 Å². The fourth-order valence-electron chi connectivity index (χ4n) is 1.92. The van der Waals surface area contributed by atoms with Crippen molar-refractivity contribution in [1.29, 1.82) is 0 Å². The van der Waals surface area contributed by atoms with Gasteiger partial charge in [0.15, 0.2) is 0 Å². The van der Waals surface area contributed by atoms with Crippen molar-refractivity contribution >= 4 is 11.6 Å². The predicted octanol–water partition coefficient (Wildman–Crippen LogP) is 3.27. The van der Waals surface area contributed by atoms with Crippen LogP contribution >= 0.6 is 11.6 Å². The Kier molecular flexibility index (Phi) is 2.56. The molecule has 1 aliphatic rings. The summed E-state index contributed by atoms with van der Waals surface area (Å²) < 4.78 is 0. The van der Waals surface area contributed by atoms with E-state index in [2.05, 4.69) is 18.0 Å². The number of benzene rings is 1. The van der Waals surface area contributed by atoms with Crippen molar-refractivity contribution in [2.45, 2.75) is 18.9 Å². The summed E-state index contributed by atoms with van der Waals surface area (Å²) in [5, 5.41) is 0.864. The van der Waals surface area contributed by atoms with Crippen molar-refractivity contribution in [3.63, 3.8) is 0 Å². The van der Waals surface area contributed by atoms with Gasteiger partial charge in [-0.05, 0) is 31.0 Å². The maximum atomic E-state index is 6.12. The Morgan fingerprint density at radius 3 is 2.77 bits per heavy atom. The largest absolute Gasteiger partial charge is 0.453 e. The van der Waals surface area contributed by atoms with E-state index in [1.165, 1.54) is 18.4 Å². The predicted molar refractivity (Wildman–Crippen MR) is 55.5 cm³/mol. The third-order valence-electron chi connectivity index (χ3n) is 2.63. The second-order valence-electron chi connectivity index (χ2n) is 3.49. The Balaban J connectivity index is 2.29. The van der Waals surface area contributed by atoms with Crippen LogP contribution in [0.5, 0.6) is 0 Å². The summed E-state index contributed by atoms with van der Waals surface area (Å²) in [5.74, 6) is 0. The van der Waals surface area contributed by atoms with E-state index in [4.69, 9.17) is 11.6 Å². The Morgan fingerprint density at radius 2 is 2.15 bits per heavy atom. The quantitative estimate of drug-likeness (QED) is 0.621. The highest BCUT2D eigenvalue weighted by atomic mass is 35.5. The fourth-order valence-corrected chi connectivity index (χ4v) is 2.19. The molecule has 2 heteroatoms. The zero-order valence-electron chi connectivity index (χ0n) is 7.54. The topological polar surface area (TPSA) is 3.24 Å². The van der Waals surface area contributed by atoms with Gasteiger partial charge in [-0.15, -0.1) is 0 Å². The molecule has 0 aliphatic carbocycles. The summed E-state index contributed by atoms with van der Waals surface area (Å²) in [5.41, 5.74) is 1.22. The molecule has 1 aromatic carbocycles. The van der Waals surface area contributed by atoms with Gasteiger partial charge in [0.1, 0.15) is 0 Å². The molecule has 1 fully saturated rings. The van der Waals surface area contributed by atoms with Crippen molar-refractivity contribution in [2.75, 3.05) is 6.54 Å². The van der Waals surface area contributed by atoms with Gasteiger partial charge < -0.3 is 4.90 Å². The van der Waals surface area contributed by atoms with Gasteiger partial charge in [0.05, 0.1) is 0 Å². The highest BCUT2D eigenvalue weighted by Crippen LogP contribution is 2.34.